The normalized spacial score (nSPS) is 11.6. The molecule has 0 spiro atoms. The van der Waals surface area contributed by atoms with E-state index in [4.69, 9.17) is 5.26 Å². The Labute approximate surface area is 108 Å². The van der Waals surface area contributed by atoms with Gasteiger partial charge in [-0.2, -0.15) is 5.26 Å². The van der Waals surface area contributed by atoms with Crippen molar-refractivity contribution < 1.29 is 4.79 Å². The van der Waals surface area contributed by atoms with E-state index >= 15 is 0 Å². The second-order valence-electron chi connectivity index (χ2n) is 4.21. The summed E-state index contributed by atoms with van der Waals surface area (Å²) in [4.78, 5) is 15.8. The van der Waals surface area contributed by atoms with E-state index in [-0.39, 0.29) is 11.9 Å². The third kappa shape index (κ3) is 5.44. The molecule has 0 aliphatic carbocycles. The SMILES string of the molecule is CCCC(C#N)NC(=O)CCCc1ccccn1. The first kappa shape index (κ1) is 14.2. The molecular formula is C14H19N3O. The van der Waals surface area contributed by atoms with Crippen LogP contribution in [0.3, 0.4) is 0 Å². The van der Waals surface area contributed by atoms with Gasteiger partial charge in [0.15, 0.2) is 0 Å². The van der Waals surface area contributed by atoms with Gasteiger partial charge in [0.2, 0.25) is 5.91 Å². The summed E-state index contributed by atoms with van der Waals surface area (Å²) in [5.74, 6) is -0.0501. The number of rotatable bonds is 7. The van der Waals surface area contributed by atoms with Crippen molar-refractivity contribution in [2.45, 2.75) is 45.1 Å². The molecule has 1 N–H and O–H groups in total. The molecule has 1 aromatic heterocycles. The smallest absolute Gasteiger partial charge is 0.221 e. The highest BCUT2D eigenvalue weighted by molar-refractivity contribution is 5.76. The van der Waals surface area contributed by atoms with E-state index in [0.29, 0.717) is 12.8 Å². The van der Waals surface area contributed by atoms with Gasteiger partial charge in [-0.15, -0.1) is 0 Å². The molecule has 4 heteroatoms. The zero-order chi connectivity index (χ0) is 13.2. The highest BCUT2D eigenvalue weighted by Gasteiger charge is 2.09. The molecule has 0 bridgehead atoms. The van der Waals surface area contributed by atoms with E-state index in [1.807, 2.05) is 25.1 Å². The number of hydrogen-bond acceptors (Lipinski definition) is 3. The lowest BCUT2D eigenvalue weighted by molar-refractivity contribution is -0.121. The molecule has 4 nitrogen and oxygen atoms in total. The van der Waals surface area contributed by atoms with Crippen molar-refractivity contribution >= 4 is 5.91 Å². The van der Waals surface area contributed by atoms with E-state index in [9.17, 15) is 4.79 Å². The van der Waals surface area contributed by atoms with Gasteiger partial charge < -0.3 is 5.32 Å². The van der Waals surface area contributed by atoms with Crippen LogP contribution >= 0.6 is 0 Å². The maximum Gasteiger partial charge on any atom is 0.221 e. The van der Waals surface area contributed by atoms with Gasteiger partial charge >= 0.3 is 0 Å². The van der Waals surface area contributed by atoms with Gasteiger partial charge in [-0.3, -0.25) is 9.78 Å². The predicted molar refractivity (Wildman–Crippen MR) is 69.6 cm³/mol. The molecule has 96 valence electrons. The van der Waals surface area contributed by atoms with Gasteiger partial charge in [0.25, 0.3) is 0 Å². The number of nitrogens with zero attached hydrogens (tertiary/aromatic N) is 2. The van der Waals surface area contributed by atoms with Crippen LogP contribution in [-0.4, -0.2) is 16.9 Å². The number of amides is 1. The van der Waals surface area contributed by atoms with E-state index in [2.05, 4.69) is 16.4 Å². The van der Waals surface area contributed by atoms with Crippen molar-refractivity contribution in [3.8, 4) is 6.07 Å². The quantitative estimate of drug-likeness (QED) is 0.801. The second-order valence-corrected chi connectivity index (χ2v) is 4.21. The van der Waals surface area contributed by atoms with Crippen LogP contribution in [0.1, 0.15) is 38.3 Å². The van der Waals surface area contributed by atoms with Crippen LogP contribution in [0.5, 0.6) is 0 Å². The Bertz CT molecular complexity index is 397. The number of nitrogens with one attached hydrogen (secondary N) is 1. The van der Waals surface area contributed by atoms with Gasteiger partial charge in [0.05, 0.1) is 6.07 Å². The van der Waals surface area contributed by atoms with Crippen LogP contribution in [-0.2, 0) is 11.2 Å². The molecule has 1 aromatic rings. The van der Waals surface area contributed by atoms with E-state index in [1.54, 1.807) is 6.20 Å². The highest BCUT2D eigenvalue weighted by Crippen LogP contribution is 2.02. The molecule has 1 amide bonds. The summed E-state index contributed by atoms with van der Waals surface area (Å²) in [7, 11) is 0. The molecule has 0 fully saturated rings. The number of aromatic nitrogens is 1. The van der Waals surface area contributed by atoms with Crippen molar-refractivity contribution in [2.75, 3.05) is 0 Å². The molecule has 0 aliphatic heterocycles. The number of pyridine rings is 1. The van der Waals surface area contributed by atoms with Crippen LogP contribution in [0.15, 0.2) is 24.4 Å². The molecule has 18 heavy (non-hydrogen) atoms. The van der Waals surface area contributed by atoms with E-state index in [0.717, 1.165) is 25.0 Å². The molecule has 0 aliphatic rings. The number of aryl methyl sites for hydroxylation is 1. The van der Waals surface area contributed by atoms with Crippen LogP contribution in [0, 0.1) is 11.3 Å². The summed E-state index contributed by atoms with van der Waals surface area (Å²) >= 11 is 0. The Morgan fingerprint density at radius 2 is 2.39 bits per heavy atom. The fraction of sp³-hybridized carbons (Fsp3) is 0.500. The number of carbonyl (C=O) groups excluding carboxylic acids is 1. The molecular weight excluding hydrogens is 226 g/mol. The Balaban J connectivity index is 2.23. The second kappa shape index (κ2) is 8.24. The van der Waals surface area contributed by atoms with Crippen molar-refractivity contribution in [3.05, 3.63) is 30.1 Å². The fourth-order valence-electron chi connectivity index (χ4n) is 1.70. The zero-order valence-corrected chi connectivity index (χ0v) is 10.7. The first-order valence-electron chi connectivity index (χ1n) is 6.35. The minimum atomic E-state index is -0.350. The average Bonchev–Trinajstić information content (AvgIpc) is 2.39. The van der Waals surface area contributed by atoms with Gasteiger partial charge in [0.1, 0.15) is 6.04 Å². The number of hydrogen-bond donors (Lipinski definition) is 1. The van der Waals surface area contributed by atoms with Crippen molar-refractivity contribution in [1.82, 2.24) is 10.3 Å². The summed E-state index contributed by atoms with van der Waals surface area (Å²) in [6.07, 6.45) is 5.35. The Morgan fingerprint density at radius 1 is 1.56 bits per heavy atom. The lowest BCUT2D eigenvalue weighted by Gasteiger charge is -2.10. The summed E-state index contributed by atoms with van der Waals surface area (Å²) < 4.78 is 0. The standard InChI is InChI=1S/C14H19N3O/c1-2-6-13(11-15)17-14(18)9-5-8-12-7-3-4-10-16-12/h3-4,7,10,13H,2,5-6,8-9H2,1H3,(H,17,18). The summed E-state index contributed by atoms with van der Waals surface area (Å²) in [6.45, 7) is 2.00. The molecule has 1 unspecified atom stereocenters. The minimum Gasteiger partial charge on any atom is -0.340 e. The summed E-state index contributed by atoms with van der Waals surface area (Å²) in [5.41, 5.74) is 0.996. The van der Waals surface area contributed by atoms with Gasteiger partial charge in [-0.05, 0) is 31.4 Å². The molecule has 1 rings (SSSR count). The first-order chi connectivity index (χ1) is 8.76. The van der Waals surface area contributed by atoms with E-state index in [1.165, 1.54) is 0 Å². The van der Waals surface area contributed by atoms with Crippen molar-refractivity contribution in [3.63, 3.8) is 0 Å². The lowest BCUT2D eigenvalue weighted by Crippen LogP contribution is -2.33. The summed E-state index contributed by atoms with van der Waals surface area (Å²) in [6, 6.07) is 7.51. The monoisotopic (exact) mass is 245 g/mol. The van der Waals surface area contributed by atoms with Crippen LogP contribution < -0.4 is 5.32 Å². The highest BCUT2D eigenvalue weighted by atomic mass is 16.1. The number of nitriles is 1. The number of carbonyl (C=O) groups is 1. The molecule has 0 saturated carbocycles. The largest absolute Gasteiger partial charge is 0.340 e. The maximum absolute atomic E-state index is 11.6. The molecule has 0 radical (unpaired) electrons. The minimum absolute atomic E-state index is 0.0501. The third-order valence-corrected chi connectivity index (χ3v) is 2.63. The molecule has 0 saturated heterocycles. The third-order valence-electron chi connectivity index (χ3n) is 2.63. The fourth-order valence-corrected chi connectivity index (χ4v) is 1.70. The first-order valence-corrected chi connectivity index (χ1v) is 6.35. The van der Waals surface area contributed by atoms with Gasteiger partial charge in [-0.1, -0.05) is 19.4 Å². The zero-order valence-electron chi connectivity index (χ0n) is 10.7. The topological polar surface area (TPSA) is 65.8 Å². The Kier molecular flexibility index (Phi) is 6.49. The maximum atomic E-state index is 11.6. The van der Waals surface area contributed by atoms with Crippen molar-refractivity contribution in [2.24, 2.45) is 0 Å². The molecule has 1 atom stereocenters. The lowest BCUT2D eigenvalue weighted by atomic mass is 10.1. The van der Waals surface area contributed by atoms with Crippen LogP contribution in [0.2, 0.25) is 0 Å². The average molecular weight is 245 g/mol. The summed E-state index contributed by atoms with van der Waals surface area (Å²) in [5, 5.41) is 11.6. The Morgan fingerprint density at radius 3 is 3.00 bits per heavy atom. The molecule has 0 aromatic carbocycles. The van der Waals surface area contributed by atoms with Gasteiger partial charge in [0, 0.05) is 18.3 Å². The molecule has 1 heterocycles. The van der Waals surface area contributed by atoms with Crippen LogP contribution in [0.25, 0.3) is 0 Å². The van der Waals surface area contributed by atoms with E-state index < -0.39 is 0 Å². The predicted octanol–water partition coefficient (Wildman–Crippen LogP) is 2.21. The van der Waals surface area contributed by atoms with Crippen molar-refractivity contribution in [1.29, 1.82) is 5.26 Å². The van der Waals surface area contributed by atoms with Gasteiger partial charge in [-0.25, -0.2) is 0 Å². The Hall–Kier alpha value is -1.89. The van der Waals surface area contributed by atoms with Crippen LogP contribution in [0.4, 0.5) is 0 Å².